The molecule has 4 rings (SSSR count). The Morgan fingerprint density at radius 2 is 1.83 bits per heavy atom. The molecule has 1 aliphatic carbocycles. The number of carbonyl (C=O) groups is 1. The molecule has 1 atom stereocenters. The third-order valence-corrected chi connectivity index (χ3v) is 6.47. The van der Waals surface area contributed by atoms with Gasteiger partial charge in [0.15, 0.2) is 5.79 Å². The minimum Gasteiger partial charge on any atom is -0.441 e. The molecule has 0 aromatic heterocycles. The van der Waals surface area contributed by atoms with Crippen molar-refractivity contribution in [1.29, 1.82) is 0 Å². The van der Waals surface area contributed by atoms with Crippen molar-refractivity contribution in [1.82, 2.24) is 0 Å². The molecule has 0 N–H and O–H groups in total. The van der Waals surface area contributed by atoms with Crippen LogP contribution in [0.2, 0.25) is 0 Å². The zero-order chi connectivity index (χ0) is 20.1. The fraction of sp³-hybridized carbons (Fsp3) is 0.696. The average Bonchev–Trinajstić information content (AvgIpc) is 3.37. The van der Waals surface area contributed by atoms with Crippen molar-refractivity contribution in [2.24, 2.45) is 5.92 Å². The maximum Gasteiger partial charge on any atom is 0.414 e. The minimum atomic E-state index is -0.351. The van der Waals surface area contributed by atoms with Gasteiger partial charge < -0.3 is 18.9 Å². The Morgan fingerprint density at radius 1 is 1.10 bits per heavy atom. The van der Waals surface area contributed by atoms with E-state index in [1.165, 1.54) is 37.7 Å². The number of aryl methyl sites for hydroxylation is 1. The van der Waals surface area contributed by atoms with Crippen molar-refractivity contribution < 1.29 is 23.7 Å². The highest BCUT2D eigenvalue weighted by molar-refractivity contribution is 5.89. The number of methoxy groups -OCH3 is 1. The van der Waals surface area contributed by atoms with Crippen LogP contribution in [0.25, 0.3) is 0 Å². The summed E-state index contributed by atoms with van der Waals surface area (Å²) in [6.07, 6.45) is 8.87. The maximum atomic E-state index is 12.1. The van der Waals surface area contributed by atoms with E-state index in [9.17, 15) is 4.79 Å². The number of hydrogen-bond donors (Lipinski definition) is 0. The van der Waals surface area contributed by atoms with Crippen LogP contribution in [0.3, 0.4) is 0 Å². The lowest BCUT2D eigenvalue weighted by Gasteiger charge is -2.38. The zero-order valence-corrected chi connectivity index (χ0v) is 17.4. The quantitative estimate of drug-likeness (QED) is 0.648. The lowest BCUT2D eigenvalue weighted by Crippen LogP contribution is -2.40. The molecule has 6 heteroatoms. The van der Waals surface area contributed by atoms with Crippen LogP contribution in [0.15, 0.2) is 24.3 Å². The van der Waals surface area contributed by atoms with E-state index >= 15 is 0 Å². The summed E-state index contributed by atoms with van der Waals surface area (Å²) >= 11 is 0. The van der Waals surface area contributed by atoms with Crippen LogP contribution in [0.1, 0.15) is 50.5 Å². The average molecular weight is 404 g/mol. The largest absolute Gasteiger partial charge is 0.441 e. The van der Waals surface area contributed by atoms with Gasteiger partial charge in [0.1, 0.15) is 6.10 Å². The highest BCUT2D eigenvalue weighted by Crippen LogP contribution is 2.41. The number of rotatable bonds is 8. The fourth-order valence-electron chi connectivity index (χ4n) is 4.98. The Bertz CT molecular complexity index is 664. The van der Waals surface area contributed by atoms with Crippen molar-refractivity contribution in [3.63, 3.8) is 0 Å². The first-order valence-corrected chi connectivity index (χ1v) is 11.0. The Morgan fingerprint density at radius 3 is 2.52 bits per heavy atom. The van der Waals surface area contributed by atoms with Crippen LogP contribution in [0.4, 0.5) is 10.5 Å². The lowest BCUT2D eigenvalue weighted by molar-refractivity contribution is -0.207. The third-order valence-electron chi connectivity index (χ3n) is 6.47. The molecule has 160 valence electrons. The Kier molecular flexibility index (Phi) is 6.73. The summed E-state index contributed by atoms with van der Waals surface area (Å²) in [5, 5.41) is 0. The number of carbonyl (C=O) groups excluding carboxylic acids is 1. The van der Waals surface area contributed by atoms with Gasteiger partial charge in [-0.3, -0.25) is 4.90 Å². The molecular formula is C23H33NO5. The van der Waals surface area contributed by atoms with Gasteiger partial charge in [-0.2, -0.15) is 0 Å². The first-order chi connectivity index (χ1) is 14.2. The Hall–Kier alpha value is -1.63. The number of benzene rings is 1. The standard InChI is InChI=1S/C23H33NO5/c1-26-17-21-16-24(22(25)29-21)20-11-9-18(10-12-20)6-5-13-23(27-14-15-28-23)19-7-3-2-4-8-19/h9-12,19,21H,2-8,13-17H2,1H3/t21-/m1/s1. The summed E-state index contributed by atoms with van der Waals surface area (Å²) in [6, 6.07) is 8.22. The normalized spacial score (nSPS) is 24.8. The molecule has 1 aromatic rings. The van der Waals surface area contributed by atoms with E-state index in [4.69, 9.17) is 18.9 Å². The van der Waals surface area contributed by atoms with E-state index in [2.05, 4.69) is 12.1 Å². The van der Waals surface area contributed by atoms with Crippen LogP contribution >= 0.6 is 0 Å². The molecule has 6 nitrogen and oxygen atoms in total. The molecule has 3 fully saturated rings. The summed E-state index contributed by atoms with van der Waals surface area (Å²) in [5.41, 5.74) is 2.14. The van der Waals surface area contributed by atoms with Gasteiger partial charge in [-0.1, -0.05) is 31.4 Å². The van der Waals surface area contributed by atoms with Crippen LogP contribution in [-0.4, -0.2) is 51.5 Å². The Labute approximate surface area is 173 Å². The topological polar surface area (TPSA) is 57.2 Å². The van der Waals surface area contributed by atoms with Crippen molar-refractivity contribution in [3.8, 4) is 0 Å². The SMILES string of the molecule is COC[C@H]1CN(c2ccc(CCCC3(C4CCCCC4)OCCO3)cc2)C(=O)O1. The number of anilines is 1. The number of amides is 1. The third kappa shape index (κ3) is 4.76. The predicted octanol–water partition coefficient (Wildman–Crippen LogP) is 4.30. The monoisotopic (exact) mass is 403 g/mol. The highest BCUT2D eigenvalue weighted by Gasteiger charge is 2.43. The van der Waals surface area contributed by atoms with Crippen LogP contribution < -0.4 is 4.90 Å². The summed E-state index contributed by atoms with van der Waals surface area (Å²) in [7, 11) is 1.62. The summed E-state index contributed by atoms with van der Waals surface area (Å²) in [6.45, 7) is 2.40. The summed E-state index contributed by atoms with van der Waals surface area (Å²) < 4.78 is 22.7. The molecule has 0 radical (unpaired) electrons. The molecule has 0 unspecified atom stereocenters. The summed E-state index contributed by atoms with van der Waals surface area (Å²) in [5.74, 6) is 0.193. The molecule has 0 bridgehead atoms. The highest BCUT2D eigenvalue weighted by atomic mass is 16.7. The molecule has 2 saturated heterocycles. The fourth-order valence-corrected chi connectivity index (χ4v) is 4.98. The van der Waals surface area contributed by atoms with Crippen molar-refractivity contribution >= 4 is 11.8 Å². The molecule has 0 spiro atoms. The second kappa shape index (κ2) is 9.45. The number of ether oxygens (including phenoxy) is 4. The van der Waals surface area contributed by atoms with Gasteiger partial charge in [0.25, 0.3) is 0 Å². The van der Waals surface area contributed by atoms with Gasteiger partial charge in [-0.05, 0) is 43.4 Å². The van der Waals surface area contributed by atoms with E-state index in [0.717, 1.165) is 38.2 Å². The predicted molar refractivity (Wildman–Crippen MR) is 110 cm³/mol. The van der Waals surface area contributed by atoms with Gasteiger partial charge in [0.2, 0.25) is 0 Å². The van der Waals surface area contributed by atoms with Gasteiger partial charge in [0, 0.05) is 25.1 Å². The van der Waals surface area contributed by atoms with E-state index in [1.54, 1.807) is 12.0 Å². The van der Waals surface area contributed by atoms with E-state index in [0.29, 0.717) is 19.1 Å². The first-order valence-electron chi connectivity index (χ1n) is 11.0. The van der Waals surface area contributed by atoms with Crippen LogP contribution in [-0.2, 0) is 25.4 Å². The second-order valence-corrected chi connectivity index (χ2v) is 8.44. The molecule has 1 saturated carbocycles. The molecule has 29 heavy (non-hydrogen) atoms. The zero-order valence-electron chi connectivity index (χ0n) is 17.4. The van der Waals surface area contributed by atoms with E-state index < -0.39 is 0 Å². The van der Waals surface area contributed by atoms with Crippen molar-refractivity contribution in [2.75, 3.05) is 38.4 Å². The second-order valence-electron chi connectivity index (χ2n) is 8.44. The number of hydrogen-bond acceptors (Lipinski definition) is 5. The first kappa shape index (κ1) is 20.6. The van der Waals surface area contributed by atoms with Crippen LogP contribution in [0, 0.1) is 5.92 Å². The molecule has 1 aromatic carbocycles. The lowest BCUT2D eigenvalue weighted by atomic mass is 9.81. The summed E-state index contributed by atoms with van der Waals surface area (Å²) in [4.78, 5) is 13.7. The number of nitrogens with zero attached hydrogens (tertiary/aromatic N) is 1. The van der Waals surface area contributed by atoms with Crippen molar-refractivity contribution in [3.05, 3.63) is 29.8 Å². The van der Waals surface area contributed by atoms with Gasteiger partial charge in [0.05, 0.1) is 26.4 Å². The molecule has 1 amide bonds. The number of cyclic esters (lactones) is 1. The van der Waals surface area contributed by atoms with E-state index in [-0.39, 0.29) is 18.0 Å². The van der Waals surface area contributed by atoms with Gasteiger partial charge >= 0.3 is 6.09 Å². The van der Waals surface area contributed by atoms with Gasteiger partial charge in [-0.15, -0.1) is 0 Å². The molecule has 2 aliphatic heterocycles. The van der Waals surface area contributed by atoms with Crippen LogP contribution in [0.5, 0.6) is 0 Å². The van der Waals surface area contributed by atoms with Crippen molar-refractivity contribution in [2.45, 2.75) is 63.3 Å². The Balaban J connectivity index is 1.30. The molecular weight excluding hydrogens is 370 g/mol. The molecule has 2 heterocycles. The minimum absolute atomic E-state index is 0.199. The van der Waals surface area contributed by atoms with E-state index in [1.807, 2.05) is 12.1 Å². The smallest absolute Gasteiger partial charge is 0.414 e. The maximum absolute atomic E-state index is 12.1. The molecule has 3 aliphatic rings. The van der Waals surface area contributed by atoms with Gasteiger partial charge in [-0.25, -0.2) is 4.79 Å².